The van der Waals surface area contributed by atoms with Gasteiger partial charge in [-0.1, -0.05) is 103 Å². The Morgan fingerprint density at radius 1 is 0.298 bits per heavy atom. The molecule has 0 N–H and O–H groups in total. The van der Waals surface area contributed by atoms with Gasteiger partial charge in [-0.25, -0.2) is 0 Å². The number of nitrogens with zero attached hydrogens (tertiary/aromatic N) is 1. The summed E-state index contributed by atoms with van der Waals surface area (Å²) < 4.78 is 0. The maximum atomic E-state index is 2.56. The highest BCUT2D eigenvalue weighted by Gasteiger charge is 2.52. The normalized spacial score (nSPS) is 30.8. The fraction of sp³-hybridized carbons (Fsp3) is 0.357. The van der Waals surface area contributed by atoms with Crippen molar-refractivity contribution in [2.24, 2.45) is 35.5 Å². The van der Waals surface area contributed by atoms with Gasteiger partial charge in [-0.2, -0.15) is 0 Å². The molecule has 9 aliphatic rings. The quantitative estimate of drug-likeness (QED) is 0.170. The predicted octanol–water partition coefficient (Wildman–Crippen LogP) is 15.1. The zero-order chi connectivity index (χ0) is 37.3. The van der Waals surface area contributed by atoms with E-state index in [1.54, 1.807) is 11.1 Å². The molecule has 8 fully saturated rings. The van der Waals surface area contributed by atoms with Crippen molar-refractivity contribution in [3.8, 4) is 44.5 Å². The van der Waals surface area contributed by atoms with Gasteiger partial charge in [0, 0.05) is 17.1 Å². The number of fused-ring (bicyclic) bond motifs is 8. The summed E-state index contributed by atoms with van der Waals surface area (Å²) >= 11 is 0. The van der Waals surface area contributed by atoms with E-state index < -0.39 is 0 Å². The molecule has 1 heteroatoms. The van der Waals surface area contributed by atoms with Gasteiger partial charge >= 0.3 is 0 Å². The van der Waals surface area contributed by atoms with Crippen molar-refractivity contribution in [3.05, 3.63) is 151 Å². The van der Waals surface area contributed by atoms with Gasteiger partial charge in [0.05, 0.1) is 0 Å². The van der Waals surface area contributed by atoms with E-state index in [0.29, 0.717) is 10.8 Å². The maximum Gasteiger partial charge on any atom is 0.0468 e. The Morgan fingerprint density at radius 2 is 0.579 bits per heavy atom. The van der Waals surface area contributed by atoms with Crippen molar-refractivity contribution in [1.29, 1.82) is 0 Å². The molecular formula is C56H53N. The highest BCUT2D eigenvalue weighted by molar-refractivity contribution is 6.04. The Kier molecular flexibility index (Phi) is 7.16. The molecule has 0 heterocycles. The number of hydrogen-bond donors (Lipinski definition) is 0. The van der Waals surface area contributed by atoms with Crippen molar-refractivity contribution in [1.82, 2.24) is 0 Å². The molecule has 0 amide bonds. The van der Waals surface area contributed by atoms with Crippen LogP contribution in [0.2, 0.25) is 0 Å². The third-order valence-electron chi connectivity index (χ3n) is 16.8. The summed E-state index contributed by atoms with van der Waals surface area (Å²) in [6.07, 6.45) is 17.4. The number of hydrogen-bond acceptors (Lipinski definition) is 1. The first kappa shape index (κ1) is 33.1. The van der Waals surface area contributed by atoms with Crippen molar-refractivity contribution >= 4 is 17.1 Å². The van der Waals surface area contributed by atoms with Crippen LogP contribution in [-0.4, -0.2) is 0 Å². The van der Waals surface area contributed by atoms with Gasteiger partial charge in [0.1, 0.15) is 0 Å². The van der Waals surface area contributed by atoms with Gasteiger partial charge in [0.2, 0.25) is 0 Å². The largest absolute Gasteiger partial charge is 0.310 e. The molecule has 0 atom stereocenters. The molecule has 9 aliphatic carbocycles. The SMILES string of the molecule is c1ccc2c(c1)-c1ccccc1-c1ccc(N(c3ccc(C45CC6CC(CC(C6)C4)C5)cc3)c3ccc(C45CC6CC(CC(C6)C4)C5)cc3)cc1-c1ccccc1-2. The lowest BCUT2D eigenvalue weighted by atomic mass is 9.48. The van der Waals surface area contributed by atoms with Gasteiger partial charge in [-0.15, -0.1) is 0 Å². The standard InChI is InChI=1S/C56H53N/c1-2-8-48-47(7-1)49-9-3-4-11-51(49)53-22-21-46(29-54(53)52-12-6-5-10-50(48)52)57(44-17-13-42(14-18-44)55-30-36-23-37(31-55)25-38(24-36)32-55)45-19-15-43(16-20-45)56-33-39-26-40(34-56)28-41(27-39)35-56/h1-22,29,36-41H,23-28,30-35H2. The molecule has 6 aromatic carbocycles. The molecule has 1 nitrogen and oxygen atoms in total. The summed E-state index contributed by atoms with van der Waals surface area (Å²) in [5.74, 6) is 5.69. The van der Waals surface area contributed by atoms with E-state index in [1.165, 1.54) is 139 Å². The molecule has 8 saturated carbocycles. The first-order valence-corrected chi connectivity index (χ1v) is 22.5. The molecule has 0 saturated heterocycles. The lowest BCUT2D eigenvalue weighted by Crippen LogP contribution is -2.48. The smallest absolute Gasteiger partial charge is 0.0468 e. The van der Waals surface area contributed by atoms with Crippen molar-refractivity contribution in [2.45, 2.75) is 87.9 Å². The zero-order valence-corrected chi connectivity index (χ0v) is 33.2. The molecule has 0 unspecified atom stereocenters. The predicted molar refractivity (Wildman–Crippen MR) is 236 cm³/mol. The summed E-state index contributed by atoms with van der Waals surface area (Å²) in [5, 5.41) is 0. The number of anilines is 3. The summed E-state index contributed by atoms with van der Waals surface area (Å²) in [6, 6.07) is 54.4. The second-order valence-electron chi connectivity index (χ2n) is 20.2. The highest BCUT2D eigenvalue weighted by Crippen LogP contribution is 2.62. The van der Waals surface area contributed by atoms with Crippen LogP contribution in [0.5, 0.6) is 0 Å². The number of rotatable bonds is 5. The fourth-order valence-electron chi connectivity index (χ4n) is 15.3. The topological polar surface area (TPSA) is 3.24 Å². The Hall–Kier alpha value is -4.88. The lowest BCUT2D eigenvalue weighted by molar-refractivity contribution is -0.00529. The summed E-state index contributed by atoms with van der Waals surface area (Å²) in [5.41, 5.74) is 18.1. The van der Waals surface area contributed by atoms with E-state index >= 15 is 0 Å². The van der Waals surface area contributed by atoms with E-state index in [-0.39, 0.29) is 0 Å². The molecule has 0 aliphatic heterocycles. The van der Waals surface area contributed by atoms with Crippen molar-refractivity contribution in [3.63, 3.8) is 0 Å². The molecule has 15 rings (SSSR count). The molecule has 0 radical (unpaired) electrons. The first-order chi connectivity index (χ1) is 28.1. The Morgan fingerprint density at radius 3 is 0.912 bits per heavy atom. The van der Waals surface area contributed by atoms with Crippen LogP contribution in [0.25, 0.3) is 44.5 Å². The summed E-state index contributed by atoms with van der Waals surface area (Å²) in [6.45, 7) is 0. The molecule has 0 spiro atoms. The van der Waals surface area contributed by atoms with Crippen LogP contribution in [0.3, 0.4) is 0 Å². The fourth-order valence-corrected chi connectivity index (χ4v) is 15.3. The van der Waals surface area contributed by atoms with Gasteiger partial charge in [0.15, 0.2) is 0 Å². The summed E-state index contributed by atoms with van der Waals surface area (Å²) in [7, 11) is 0. The lowest BCUT2D eigenvalue weighted by Gasteiger charge is -2.57. The second kappa shape index (κ2) is 12.3. The number of benzene rings is 6. The van der Waals surface area contributed by atoms with E-state index in [4.69, 9.17) is 0 Å². The van der Waals surface area contributed by atoms with Crippen LogP contribution in [-0.2, 0) is 10.8 Å². The molecule has 8 bridgehead atoms. The minimum atomic E-state index is 0.396. The van der Waals surface area contributed by atoms with Crippen LogP contribution in [0.1, 0.15) is 88.2 Å². The van der Waals surface area contributed by atoms with Crippen LogP contribution in [0.15, 0.2) is 140 Å². The summed E-state index contributed by atoms with van der Waals surface area (Å²) in [4.78, 5) is 2.56. The van der Waals surface area contributed by atoms with E-state index in [1.807, 2.05) is 0 Å². The van der Waals surface area contributed by atoms with E-state index in [0.717, 1.165) is 35.5 Å². The monoisotopic (exact) mass is 739 g/mol. The molecule has 57 heavy (non-hydrogen) atoms. The molecular weight excluding hydrogens is 687 g/mol. The maximum absolute atomic E-state index is 2.56. The van der Waals surface area contributed by atoms with Crippen molar-refractivity contribution in [2.75, 3.05) is 4.90 Å². The van der Waals surface area contributed by atoms with Crippen molar-refractivity contribution < 1.29 is 0 Å². The third kappa shape index (κ3) is 5.13. The van der Waals surface area contributed by atoms with Gasteiger partial charge < -0.3 is 4.90 Å². The van der Waals surface area contributed by atoms with Gasteiger partial charge in [-0.3, -0.25) is 0 Å². The second-order valence-corrected chi connectivity index (χ2v) is 20.2. The molecule has 282 valence electrons. The molecule has 0 aromatic heterocycles. The van der Waals surface area contributed by atoms with Gasteiger partial charge in [0.25, 0.3) is 0 Å². The van der Waals surface area contributed by atoms with Crippen LogP contribution in [0, 0.1) is 35.5 Å². The van der Waals surface area contributed by atoms with Crippen LogP contribution in [0.4, 0.5) is 17.1 Å². The molecule has 6 aromatic rings. The first-order valence-electron chi connectivity index (χ1n) is 22.5. The van der Waals surface area contributed by atoms with Crippen LogP contribution >= 0.6 is 0 Å². The minimum absolute atomic E-state index is 0.396. The van der Waals surface area contributed by atoms with E-state index in [9.17, 15) is 0 Å². The van der Waals surface area contributed by atoms with E-state index in [2.05, 4.69) is 144 Å². The Bertz CT molecular complexity index is 2370. The average Bonchev–Trinajstić information content (AvgIpc) is 3.23. The van der Waals surface area contributed by atoms with Crippen LogP contribution < -0.4 is 4.90 Å². The minimum Gasteiger partial charge on any atom is -0.310 e. The Balaban J connectivity index is 0.956. The highest BCUT2D eigenvalue weighted by atomic mass is 15.1. The Labute approximate surface area is 339 Å². The third-order valence-corrected chi connectivity index (χ3v) is 16.8. The average molecular weight is 740 g/mol. The zero-order valence-electron chi connectivity index (χ0n) is 33.2. The van der Waals surface area contributed by atoms with Gasteiger partial charge in [-0.05, 0) is 215 Å².